The van der Waals surface area contributed by atoms with Crippen LogP contribution in [-0.4, -0.2) is 60.8 Å². The minimum absolute atomic E-state index is 0.000117. The Morgan fingerprint density at radius 1 is 0.826 bits per heavy atom. The van der Waals surface area contributed by atoms with Crippen LogP contribution in [0.1, 0.15) is 74.0 Å². The SMILES string of the molecule is Nc1ccccc1NC(=O)CCCCCCC(=O)Nc1cccc([C@H]2O[C@@H](CN3CCOCC3)C[C@@H](c3ccc(CO)cc3)O2)c1. The molecule has 0 unspecified atom stereocenters. The number of anilines is 3. The summed E-state index contributed by atoms with van der Waals surface area (Å²) in [7, 11) is 0. The second-order valence-electron chi connectivity index (χ2n) is 12.0. The van der Waals surface area contributed by atoms with Crippen molar-refractivity contribution < 1.29 is 28.9 Å². The third-order valence-corrected chi connectivity index (χ3v) is 8.42. The highest BCUT2D eigenvalue weighted by atomic mass is 16.7. The predicted octanol–water partition coefficient (Wildman–Crippen LogP) is 5.56. The number of rotatable bonds is 14. The first-order chi connectivity index (χ1) is 22.5. The van der Waals surface area contributed by atoms with E-state index in [4.69, 9.17) is 19.9 Å². The van der Waals surface area contributed by atoms with Gasteiger partial charge in [0.25, 0.3) is 0 Å². The number of ether oxygens (including phenoxy) is 3. The summed E-state index contributed by atoms with van der Waals surface area (Å²) in [6.45, 7) is 3.99. The number of nitrogens with two attached hydrogens (primary N) is 1. The molecule has 46 heavy (non-hydrogen) atoms. The first kappa shape index (κ1) is 33.6. The fourth-order valence-electron chi connectivity index (χ4n) is 5.84. The van der Waals surface area contributed by atoms with E-state index < -0.39 is 6.29 Å². The summed E-state index contributed by atoms with van der Waals surface area (Å²) in [4.78, 5) is 27.3. The molecule has 10 heteroatoms. The summed E-state index contributed by atoms with van der Waals surface area (Å²) in [5, 5.41) is 15.4. The molecular weight excluding hydrogens is 584 g/mol. The van der Waals surface area contributed by atoms with Crippen molar-refractivity contribution in [3.05, 3.63) is 89.5 Å². The zero-order chi connectivity index (χ0) is 32.1. The Morgan fingerprint density at radius 3 is 2.26 bits per heavy atom. The molecule has 0 radical (unpaired) electrons. The van der Waals surface area contributed by atoms with Crippen molar-refractivity contribution in [3.8, 4) is 0 Å². The third-order valence-electron chi connectivity index (χ3n) is 8.42. The summed E-state index contributed by atoms with van der Waals surface area (Å²) < 4.78 is 18.5. The highest BCUT2D eigenvalue weighted by molar-refractivity contribution is 5.93. The van der Waals surface area contributed by atoms with Gasteiger partial charge in [-0.2, -0.15) is 0 Å². The lowest BCUT2D eigenvalue weighted by molar-refractivity contribution is -0.253. The molecule has 3 aromatic carbocycles. The number of benzene rings is 3. The predicted molar refractivity (Wildman–Crippen MR) is 178 cm³/mol. The molecule has 0 spiro atoms. The van der Waals surface area contributed by atoms with Crippen LogP contribution >= 0.6 is 0 Å². The van der Waals surface area contributed by atoms with Crippen LogP contribution in [-0.2, 0) is 30.4 Å². The van der Waals surface area contributed by atoms with E-state index >= 15 is 0 Å². The molecule has 5 N–H and O–H groups in total. The molecular formula is C36H46N4O6. The van der Waals surface area contributed by atoms with Gasteiger partial charge in [-0.15, -0.1) is 0 Å². The molecule has 2 saturated heterocycles. The number of amides is 2. The molecule has 0 aliphatic carbocycles. The van der Waals surface area contributed by atoms with Gasteiger partial charge in [-0.05, 0) is 48.2 Å². The average molecular weight is 631 g/mol. The first-order valence-electron chi connectivity index (χ1n) is 16.3. The molecule has 2 heterocycles. The zero-order valence-corrected chi connectivity index (χ0v) is 26.4. The topological polar surface area (TPSA) is 135 Å². The number of nitrogens with zero attached hydrogens (tertiary/aromatic N) is 1. The minimum atomic E-state index is -0.588. The van der Waals surface area contributed by atoms with E-state index in [1.165, 1.54) is 0 Å². The zero-order valence-electron chi connectivity index (χ0n) is 26.4. The minimum Gasteiger partial charge on any atom is -0.397 e. The summed E-state index contributed by atoms with van der Waals surface area (Å²) in [6.07, 6.45) is 3.97. The molecule has 3 aromatic rings. The van der Waals surface area contributed by atoms with E-state index in [9.17, 15) is 14.7 Å². The van der Waals surface area contributed by atoms with Gasteiger partial charge < -0.3 is 35.7 Å². The molecule has 2 aliphatic heterocycles. The third kappa shape index (κ3) is 10.1. The van der Waals surface area contributed by atoms with Crippen LogP contribution in [0.3, 0.4) is 0 Å². The number of morpholine rings is 1. The van der Waals surface area contributed by atoms with Crippen LogP contribution in [0.4, 0.5) is 17.1 Å². The van der Waals surface area contributed by atoms with Crippen LogP contribution in [0.25, 0.3) is 0 Å². The number of unbranched alkanes of at least 4 members (excludes halogenated alkanes) is 3. The van der Waals surface area contributed by atoms with Gasteiger partial charge in [0, 0.05) is 50.1 Å². The van der Waals surface area contributed by atoms with Crippen molar-refractivity contribution in [1.29, 1.82) is 0 Å². The van der Waals surface area contributed by atoms with Crippen molar-refractivity contribution in [1.82, 2.24) is 4.90 Å². The molecule has 2 aliphatic rings. The summed E-state index contributed by atoms with van der Waals surface area (Å²) in [5.41, 5.74) is 10.5. The molecule has 10 nitrogen and oxygen atoms in total. The second kappa shape index (κ2) is 17.2. The smallest absolute Gasteiger partial charge is 0.224 e. The Kier molecular flexibility index (Phi) is 12.6. The van der Waals surface area contributed by atoms with Gasteiger partial charge >= 0.3 is 0 Å². The lowest BCUT2D eigenvalue weighted by atomic mass is 9.99. The van der Waals surface area contributed by atoms with Crippen LogP contribution in [0, 0.1) is 0 Å². The maximum absolute atomic E-state index is 12.8. The number of aliphatic hydroxyl groups excluding tert-OH is 1. The molecule has 0 aromatic heterocycles. The van der Waals surface area contributed by atoms with Gasteiger partial charge in [0.15, 0.2) is 6.29 Å². The molecule has 246 valence electrons. The number of hydrogen-bond acceptors (Lipinski definition) is 8. The van der Waals surface area contributed by atoms with Gasteiger partial charge in [-0.25, -0.2) is 0 Å². The summed E-state index contributed by atoms with van der Waals surface area (Å²) in [5.74, 6) is -0.105. The Bertz CT molecular complexity index is 1410. The Balaban J connectivity index is 1.10. The van der Waals surface area contributed by atoms with E-state index in [1.807, 2.05) is 60.7 Å². The van der Waals surface area contributed by atoms with E-state index in [-0.39, 0.29) is 30.6 Å². The maximum atomic E-state index is 12.8. The van der Waals surface area contributed by atoms with Gasteiger partial charge in [0.05, 0.1) is 43.4 Å². The van der Waals surface area contributed by atoms with Crippen molar-refractivity contribution >= 4 is 28.9 Å². The normalized spacial score (nSPS) is 20.2. The Labute approximate surface area is 271 Å². The number of nitrogens with one attached hydrogen (secondary N) is 2. The molecule has 3 atom stereocenters. The van der Waals surface area contributed by atoms with Gasteiger partial charge in [0.2, 0.25) is 11.8 Å². The number of para-hydroxylation sites is 2. The number of nitrogen functional groups attached to an aromatic ring is 1. The lowest BCUT2D eigenvalue weighted by Crippen LogP contribution is -2.44. The van der Waals surface area contributed by atoms with Crippen molar-refractivity contribution in [2.75, 3.05) is 49.2 Å². The van der Waals surface area contributed by atoms with Crippen LogP contribution < -0.4 is 16.4 Å². The number of hydrogen-bond donors (Lipinski definition) is 4. The molecule has 0 bridgehead atoms. The average Bonchev–Trinajstić information content (AvgIpc) is 3.08. The molecule has 2 amide bonds. The van der Waals surface area contributed by atoms with E-state index in [0.29, 0.717) is 29.9 Å². The number of carbonyl (C=O) groups excluding carboxylic acids is 2. The molecule has 5 rings (SSSR count). The fourth-order valence-corrected chi connectivity index (χ4v) is 5.84. The Morgan fingerprint density at radius 2 is 1.54 bits per heavy atom. The van der Waals surface area contributed by atoms with Gasteiger partial charge in [0.1, 0.15) is 0 Å². The largest absolute Gasteiger partial charge is 0.397 e. The van der Waals surface area contributed by atoms with Crippen molar-refractivity contribution in [3.63, 3.8) is 0 Å². The van der Waals surface area contributed by atoms with Gasteiger partial charge in [-0.1, -0.05) is 61.4 Å². The number of carbonyl (C=O) groups is 2. The van der Waals surface area contributed by atoms with Crippen molar-refractivity contribution in [2.24, 2.45) is 0 Å². The van der Waals surface area contributed by atoms with Crippen LogP contribution in [0.5, 0.6) is 0 Å². The maximum Gasteiger partial charge on any atom is 0.224 e. The Hall–Kier alpha value is -3.80. The monoisotopic (exact) mass is 630 g/mol. The summed E-state index contributed by atoms with van der Waals surface area (Å²) in [6, 6.07) is 22.8. The molecule has 2 fully saturated rings. The fraction of sp³-hybridized carbons (Fsp3) is 0.444. The number of aliphatic hydroxyl groups is 1. The van der Waals surface area contributed by atoms with Crippen LogP contribution in [0.15, 0.2) is 72.8 Å². The highest BCUT2D eigenvalue weighted by Crippen LogP contribution is 2.38. The van der Waals surface area contributed by atoms with Crippen molar-refractivity contribution in [2.45, 2.75) is 70.1 Å². The van der Waals surface area contributed by atoms with E-state index in [2.05, 4.69) is 15.5 Å². The van der Waals surface area contributed by atoms with Gasteiger partial charge in [-0.3, -0.25) is 14.5 Å². The van der Waals surface area contributed by atoms with E-state index in [1.54, 1.807) is 12.1 Å². The van der Waals surface area contributed by atoms with E-state index in [0.717, 1.165) is 81.6 Å². The standard InChI is InChI=1S/C36H46N4O6/c37-31-10-5-6-11-32(31)39-35(43)13-4-2-1-3-12-34(42)38-29-9-7-8-28(22-29)36-45-30(24-40-18-20-44-21-19-40)23-33(46-36)27-16-14-26(25-41)15-17-27/h5-11,14-17,22,30,33,36,41H,1-4,12-13,18-21,23-25,37H2,(H,38,42)(H,39,43)/t30-,33+,36+/m1/s1. The summed E-state index contributed by atoms with van der Waals surface area (Å²) >= 11 is 0. The molecule has 0 saturated carbocycles. The lowest BCUT2D eigenvalue weighted by Gasteiger charge is -2.39. The quantitative estimate of drug-likeness (QED) is 0.134. The first-order valence-corrected chi connectivity index (χ1v) is 16.3. The van der Waals surface area contributed by atoms with Crippen LogP contribution in [0.2, 0.25) is 0 Å². The second-order valence-corrected chi connectivity index (χ2v) is 12.0. The highest BCUT2D eigenvalue weighted by Gasteiger charge is 2.33.